The molecule has 0 saturated heterocycles. The van der Waals surface area contributed by atoms with Crippen LogP contribution in [0.3, 0.4) is 0 Å². The van der Waals surface area contributed by atoms with Gasteiger partial charge in [-0.05, 0) is 19.1 Å². The van der Waals surface area contributed by atoms with Gasteiger partial charge in [0.2, 0.25) is 0 Å². The van der Waals surface area contributed by atoms with Gasteiger partial charge in [0.15, 0.2) is 0 Å². The molecule has 3 aromatic rings. The van der Waals surface area contributed by atoms with E-state index in [1.165, 1.54) is 31.1 Å². The molecule has 5 nitrogen and oxygen atoms in total. The second kappa shape index (κ2) is 8.01. The molecule has 1 aromatic heterocycles. The van der Waals surface area contributed by atoms with E-state index in [0.29, 0.717) is 17.2 Å². The van der Waals surface area contributed by atoms with E-state index in [9.17, 15) is 4.79 Å². The number of aromatic nitrogens is 1. The van der Waals surface area contributed by atoms with E-state index in [0.717, 1.165) is 10.6 Å². The Hall–Kier alpha value is -2.86. The second-order valence-corrected chi connectivity index (χ2v) is 6.48. The monoisotopic (exact) mass is 369 g/mol. The Bertz CT molecular complexity index is 880. The van der Waals surface area contributed by atoms with Crippen molar-refractivity contribution >= 4 is 17.3 Å². The first kappa shape index (κ1) is 17.9. The van der Waals surface area contributed by atoms with Crippen LogP contribution in [0.2, 0.25) is 0 Å². The van der Waals surface area contributed by atoms with Gasteiger partial charge in [0.1, 0.15) is 28.7 Å². The zero-order valence-electron chi connectivity index (χ0n) is 14.8. The number of ether oxygens (including phenoxy) is 3. The lowest BCUT2D eigenvalue weighted by Gasteiger charge is -2.11. The van der Waals surface area contributed by atoms with Crippen molar-refractivity contribution in [3.8, 4) is 22.1 Å². The van der Waals surface area contributed by atoms with Gasteiger partial charge in [-0.1, -0.05) is 35.9 Å². The molecule has 0 fully saturated rings. The van der Waals surface area contributed by atoms with Crippen LogP contribution in [0, 0.1) is 6.92 Å². The van der Waals surface area contributed by atoms with Gasteiger partial charge in [-0.15, -0.1) is 11.3 Å². The number of aryl methyl sites for hydroxylation is 1. The van der Waals surface area contributed by atoms with Crippen LogP contribution in [0.5, 0.6) is 11.5 Å². The predicted molar refractivity (Wildman–Crippen MR) is 101 cm³/mol. The van der Waals surface area contributed by atoms with Crippen molar-refractivity contribution in [2.24, 2.45) is 0 Å². The van der Waals surface area contributed by atoms with Gasteiger partial charge in [-0.3, -0.25) is 0 Å². The van der Waals surface area contributed by atoms with Gasteiger partial charge in [0, 0.05) is 10.9 Å². The third-order valence-electron chi connectivity index (χ3n) is 3.83. The first-order valence-corrected chi connectivity index (χ1v) is 8.90. The Balaban J connectivity index is 1.72. The summed E-state index contributed by atoms with van der Waals surface area (Å²) in [4.78, 5) is 17.0. The molecule has 0 aliphatic carbocycles. The minimum atomic E-state index is -0.510. The quantitative estimate of drug-likeness (QED) is 0.599. The lowest BCUT2D eigenvalue weighted by molar-refractivity contribution is 0.0461. The van der Waals surface area contributed by atoms with Gasteiger partial charge in [-0.2, -0.15) is 0 Å². The molecular weight excluding hydrogens is 350 g/mol. The summed E-state index contributed by atoms with van der Waals surface area (Å²) in [5.41, 5.74) is 3.22. The van der Waals surface area contributed by atoms with Crippen molar-refractivity contribution in [3.63, 3.8) is 0 Å². The third-order valence-corrected chi connectivity index (χ3v) is 4.77. The van der Waals surface area contributed by atoms with Gasteiger partial charge >= 0.3 is 5.97 Å². The molecule has 0 amide bonds. The molecule has 1 heterocycles. The maximum absolute atomic E-state index is 12.5. The van der Waals surface area contributed by atoms with Crippen LogP contribution < -0.4 is 9.47 Å². The molecule has 0 aliphatic heterocycles. The Morgan fingerprint density at radius 1 is 1.04 bits per heavy atom. The smallest absolute Gasteiger partial charge is 0.346 e. The van der Waals surface area contributed by atoms with E-state index >= 15 is 0 Å². The minimum absolute atomic E-state index is 0.0857. The van der Waals surface area contributed by atoms with Crippen molar-refractivity contribution in [3.05, 3.63) is 64.7 Å². The normalized spacial score (nSPS) is 10.4. The summed E-state index contributed by atoms with van der Waals surface area (Å²) in [6.07, 6.45) is 0. The fourth-order valence-corrected chi connectivity index (χ4v) is 3.28. The van der Waals surface area contributed by atoms with Crippen LogP contribution in [-0.4, -0.2) is 25.2 Å². The summed E-state index contributed by atoms with van der Waals surface area (Å²) in [6.45, 7) is 2.13. The maximum Gasteiger partial charge on any atom is 0.346 e. The molecule has 2 aromatic carbocycles. The van der Waals surface area contributed by atoms with Crippen LogP contribution >= 0.6 is 11.3 Å². The summed E-state index contributed by atoms with van der Waals surface area (Å²) >= 11 is 1.52. The van der Waals surface area contributed by atoms with Gasteiger partial charge in [0.05, 0.1) is 19.9 Å². The molecule has 3 rings (SSSR count). The fourth-order valence-electron chi connectivity index (χ4n) is 2.47. The summed E-state index contributed by atoms with van der Waals surface area (Å²) < 4.78 is 15.9. The molecule has 0 radical (unpaired) electrons. The van der Waals surface area contributed by atoms with Crippen molar-refractivity contribution in [2.75, 3.05) is 14.2 Å². The first-order chi connectivity index (χ1) is 12.6. The van der Waals surface area contributed by atoms with Crippen LogP contribution in [0.15, 0.2) is 47.8 Å². The number of carbonyl (C=O) groups excluding carboxylic acids is 1. The summed E-state index contributed by atoms with van der Waals surface area (Å²) in [5, 5.41) is 2.79. The largest absolute Gasteiger partial charge is 0.496 e. The molecule has 0 saturated carbocycles. The topological polar surface area (TPSA) is 57.7 Å². The van der Waals surface area contributed by atoms with Gasteiger partial charge in [-0.25, -0.2) is 9.78 Å². The number of rotatable bonds is 6. The Morgan fingerprint density at radius 3 is 2.31 bits per heavy atom. The molecule has 0 spiro atoms. The highest BCUT2D eigenvalue weighted by atomic mass is 32.1. The highest BCUT2D eigenvalue weighted by Crippen LogP contribution is 2.29. The fraction of sp³-hybridized carbons (Fsp3) is 0.200. The van der Waals surface area contributed by atoms with E-state index < -0.39 is 5.97 Å². The van der Waals surface area contributed by atoms with E-state index in [-0.39, 0.29) is 12.2 Å². The molecule has 0 atom stereocenters. The van der Waals surface area contributed by atoms with Crippen LogP contribution in [0.4, 0.5) is 0 Å². The minimum Gasteiger partial charge on any atom is -0.496 e. The number of benzene rings is 2. The zero-order valence-corrected chi connectivity index (χ0v) is 15.6. The number of nitrogens with zero attached hydrogens (tertiary/aromatic N) is 1. The van der Waals surface area contributed by atoms with E-state index in [1.54, 1.807) is 18.2 Å². The van der Waals surface area contributed by atoms with E-state index in [1.807, 2.05) is 36.6 Å². The Kier molecular flexibility index (Phi) is 5.53. The number of thiazole rings is 1. The summed E-state index contributed by atoms with van der Waals surface area (Å²) in [5.74, 6) is 0.310. The average Bonchev–Trinajstić information content (AvgIpc) is 3.15. The van der Waals surface area contributed by atoms with Crippen molar-refractivity contribution in [2.45, 2.75) is 13.5 Å². The third kappa shape index (κ3) is 3.86. The lowest BCUT2D eigenvalue weighted by atomic mass is 10.2. The van der Waals surface area contributed by atoms with Crippen LogP contribution in [-0.2, 0) is 11.3 Å². The van der Waals surface area contributed by atoms with Gasteiger partial charge < -0.3 is 14.2 Å². The van der Waals surface area contributed by atoms with E-state index in [4.69, 9.17) is 14.2 Å². The van der Waals surface area contributed by atoms with Gasteiger partial charge in [0.25, 0.3) is 0 Å². The van der Waals surface area contributed by atoms with E-state index in [2.05, 4.69) is 4.98 Å². The predicted octanol–water partition coefficient (Wildman–Crippen LogP) is 4.49. The van der Waals surface area contributed by atoms with Crippen molar-refractivity contribution in [1.82, 2.24) is 4.98 Å². The molecular formula is C20H19NO4S. The molecule has 26 heavy (non-hydrogen) atoms. The number of methoxy groups -OCH3 is 2. The van der Waals surface area contributed by atoms with Crippen LogP contribution in [0.1, 0.15) is 21.6 Å². The van der Waals surface area contributed by atoms with Crippen LogP contribution in [0.25, 0.3) is 10.6 Å². The molecule has 134 valence electrons. The molecule has 0 N–H and O–H groups in total. The number of hydrogen-bond acceptors (Lipinski definition) is 6. The number of esters is 1. The van der Waals surface area contributed by atoms with Crippen molar-refractivity contribution in [1.29, 1.82) is 0 Å². The Morgan fingerprint density at radius 2 is 1.69 bits per heavy atom. The summed E-state index contributed by atoms with van der Waals surface area (Å²) in [6, 6.07) is 13.3. The molecule has 0 unspecified atom stereocenters. The highest BCUT2D eigenvalue weighted by molar-refractivity contribution is 7.13. The average molecular weight is 369 g/mol. The first-order valence-electron chi connectivity index (χ1n) is 8.02. The highest BCUT2D eigenvalue weighted by Gasteiger charge is 2.20. The number of hydrogen-bond donors (Lipinski definition) is 0. The second-order valence-electron chi connectivity index (χ2n) is 5.62. The SMILES string of the molecule is COc1cccc(OC)c1C(=O)OCc1csc(-c2ccc(C)cc2)n1. The van der Waals surface area contributed by atoms with Crippen molar-refractivity contribution < 1.29 is 19.0 Å². The zero-order chi connectivity index (χ0) is 18.5. The number of carbonyl (C=O) groups is 1. The standard InChI is InChI=1S/C20H19NO4S/c1-13-7-9-14(10-8-13)19-21-15(12-26-19)11-25-20(22)18-16(23-2)5-4-6-17(18)24-3/h4-10,12H,11H2,1-3H3. The molecule has 0 aliphatic rings. The molecule has 0 bridgehead atoms. The maximum atomic E-state index is 12.5. The lowest BCUT2D eigenvalue weighted by Crippen LogP contribution is -2.09. The summed E-state index contributed by atoms with van der Waals surface area (Å²) in [7, 11) is 3.00. The Labute approximate surface area is 156 Å². The molecule has 6 heteroatoms.